The zero-order valence-corrected chi connectivity index (χ0v) is 11.3. The summed E-state index contributed by atoms with van der Waals surface area (Å²) in [5.41, 5.74) is 7.02. The lowest BCUT2D eigenvalue weighted by atomic mass is 10.1. The maximum absolute atomic E-state index is 13.0. The molecule has 2 aromatic rings. The molecule has 0 fully saturated rings. The number of nitrogens with one attached hydrogen (secondary N) is 1. The fourth-order valence-electron chi connectivity index (χ4n) is 1.91. The van der Waals surface area contributed by atoms with E-state index in [4.69, 9.17) is 5.73 Å². The third-order valence-electron chi connectivity index (χ3n) is 2.91. The van der Waals surface area contributed by atoms with Gasteiger partial charge in [0.1, 0.15) is 11.6 Å². The monoisotopic (exact) mass is 291 g/mol. The molecule has 0 atom stereocenters. The minimum atomic E-state index is -0.627. The second-order valence-electron chi connectivity index (χ2n) is 4.52. The number of nitrogens with zero attached hydrogens (tertiary/aromatic N) is 1. The molecule has 1 heterocycles. The van der Waals surface area contributed by atoms with E-state index in [9.17, 15) is 13.6 Å². The van der Waals surface area contributed by atoms with E-state index >= 15 is 0 Å². The number of amides is 1. The Morgan fingerprint density at radius 1 is 1.19 bits per heavy atom. The molecular formula is C15H15F2N3O. The molecule has 110 valence electrons. The van der Waals surface area contributed by atoms with Crippen molar-refractivity contribution in [3.05, 3.63) is 65.0 Å². The number of aromatic nitrogens is 1. The molecule has 1 amide bonds. The van der Waals surface area contributed by atoms with Crippen molar-refractivity contribution in [1.29, 1.82) is 0 Å². The lowest BCUT2D eigenvalue weighted by Crippen LogP contribution is -2.26. The summed E-state index contributed by atoms with van der Waals surface area (Å²) in [7, 11) is 0. The Morgan fingerprint density at radius 2 is 1.90 bits per heavy atom. The fraction of sp³-hybridized carbons (Fsp3) is 0.200. The summed E-state index contributed by atoms with van der Waals surface area (Å²) in [4.78, 5) is 15.9. The molecule has 0 aliphatic rings. The molecule has 0 saturated heterocycles. The molecule has 1 aromatic heterocycles. The van der Waals surface area contributed by atoms with Crippen LogP contribution in [0.1, 0.15) is 21.6 Å². The van der Waals surface area contributed by atoms with Crippen LogP contribution in [-0.4, -0.2) is 17.4 Å². The summed E-state index contributed by atoms with van der Waals surface area (Å²) < 4.78 is 26.0. The summed E-state index contributed by atoms with van der Waals surface area (Å²) in [6.07, 6.45) is 1.86. The Labute approximate surface area is 121 Å². The highest BCUT2D eigenvalue weighted by Gasteiger charge is 2.06. The number of pyridine rings is 1. The highest BCUT2D eigenvalue weighted by atomic mass is 19.1. The smallest absolute Gasteiger partial charge is 0.251 e. The Bertz CT molecular complexity index is 626. The molecule has 21 heavy (non-hydrogen) atoms. The number of carbonyl (C=O) groups excluding carboxylic acids is 1. The van der Waals surface area contributed by atoms with E-state index < -0.39 is 11.6 Å². The zero-order chi connectivity index (χ0) is 15.2. The van der Waals surface area contributed by atoms with Crippen LogP contribution in [0.4, 0.5) is 8.78 Å². The third-order valence-corrected chi connectivity index (χ3v) is 2.91. The quantitative estimate of drug-likeness (QED) is 0.882. The Balaban J connectivity index is 1.92. The second kappa shape index (κ2) is 6.90. The maximum atomic E-state index is 13.0. The van der Waals surface area contributed by atoms with Crippen LogP contribution in [0.3, 0.4) is 0 Å². The van der Waals surface area contributed by atoms with Gasteiger partial charge in [-0.25, -0.2) is 8.78 Å². The van der Waals surface area contributed by atoms with E-state index in [0.29, 0.717) is 23.2 Å². The SMILES string of the molecule is NCc1cc(C(=O)NCCc2cc(F)cc(F)c2)ccn1. The van der Waals surface area contributed by atoms with Crippen LogP contribution in [0, 0.1) is 11.6 Å². The van der Waals surface area contributed by atoms with Gasteiger partial charge in [0.15, 0.2) is 0 Å². The van der Waals surface area contributed by atoms with Crippen molar-refractivity contribution >= 4 is 5.91 Å². The van der Waals surface area contributed by atoms with Gasteiger partial charge in [-0.15, -0.1) is 0 Å². The predicted octanol–water partition coefficient (Wildman–Crippen LogP) is 1.79. The van der Waals surface area contributed by atoms with Crippen molar-refractivity contribution in [2.45, 2.75) is 13.0 Å². The number of rotatable bonds is 5. The molecule has 0 aliphatic heterocycles. The molecule has 0 spiro atoms. The predicted molar refractivity (Wildman–Crippen MR) is 74.5 cm³/mol. The van der Waals surface area contributed by atoms with Gasteiger partial charge >= 0.3 is 0 Å². The van der Waals surface area contributed by atoms with Crippen molar-refractivity contribution in [3.63, 3.8) is 0 Å². The van der Waals surface area contributed by atoms with Crippen LogP contribution in [0.25, 0.3) is 0 Å². The van der Waals surface area contributed by atoms with Crippen LogP contribution < -0.4 is 11.1 Å². The normalized spacial score (nSPS) is 10.4. The van der Waals surface area contributed by atoms with Crippen LogP contribution >= 0.6 is 0 Å². The van der Waals surface area contributed by atoms with Gasteiger partial charge in [0, 0.05) is 30.9 Å². The summed E-state index contributed by atoms with van der Waals surface area (Å²) in [6, 6.07) is 6.49. The standard InChI is InChI=1S/C15H15F2N3O/c16-12-5-10(6-13(17)8-12)1-3-20-15(21)11-2-4-19-14(7-11)9-18/h2,4-8H,1,3,9,18H2,(H,20,21). The first-order valence-corrected chi connectivity index (χ1v) is 6.46. The largest absolute Gasteiger partial charge is 0.352 e. The van der Waals surface area contributed by atoms with Crippen LogP contribution in [0.15, 0.2) is 36.5 Å². The molecule has 0 saturated carbocycles. The zero-order valence-electron chi connectivity index (χ0n) is 11.3. The fourth-order valence-corrected chi connectivity index (χ4v) is 1.91. The van der Waals surface area contributed by atoms with E-state index in [2.05, 4.69) is 10.3 Å². The number of nitrogens with two attached hydrogens (primary N) is 1. The third kappa shape index (κ3) is 4.32. The molecule has 3 N–H and O–H groups in total. The van der Waals surface area contributed by atoms with E-state index in [-0.39, 0.29) is 19.0 Å². The van der Waals surface area contributed by atoms with Gasteiger partial charge in [0.2, 0.25) is 0 Å². The first-order valence-electron chi connectivity index (χ1n) is 6.46. The van der Waals surface area contributed by atoms with Gasteiger partial charge < -0.3 is 11.1 Å². The summed E-state index contributed by atoms with van der Waals surface area (Å²) in [5.74, 6) is -1.53. The van der Waals surface area contributed by atoms with E-state index in [0.717, 1.165) is 6.07 Å². The first-order chi connectivity index (χ1) is 10.1. The van der Waals surface area contributed by atoms with E-state index in [1.54, 1.807) is 12.1 Å². The summed E-state index contributed by atoms with van der Waals surface area (Å²) in [5, 5.41) is 2.69. The second-order valence-corrected chi connectivity index (χ2v) is 4.52. The summed E-state index contributed by atoms with van der Waals surface area (Å²) in [6.45, 7) is 0.533. The van der Waals surface area contributed by atoms with Crippen molar-refractivity contribution < 1.29 is 13.6 Å². The van der Waals surface area contributed by atoms with Crippen molar-refractivity contribution in [3.8, 4) is 0 Å². The minimum absolute atomic E-state index is 0.254. The van der Waals surface area contributed by atoms with Crippen molar-refractivity contribution in [2.24, 2.45) is 5.73 Å². The Kier molecular flexibility index (Phi) is 4.94. The number of benzene rings is 1. The molecule has 0 aliphatic carbocycles. The molecule has 6 heteroatoms. The van der Waals surface area contributed by atoms with Gasteiger partial charge in [-0.2, -0.15) is 0 Å². The number of carbonyl (C=O) groups is 1. The highest BCUT2D eigenvalue weighted by Crippen LogP contribution is 2.08. The molecule has 2 rings (SSSR count). The van der Waals surface area contributed by atoms with Gasteiger partial charge in [0.05, 0.1) is 5.69 Å². The molecule has 4 nitrogen and oxygen atoms in total. The lowest BCUT2D eigenvalue weighted by molar-refractivity contribution is 0.0954. The maximum Gasteiger partial charge on any atom is 0.251 e. The molecular weight excluding hydrogens is 276 g/mol. The Morgan fingerprint density at radius 3 is 2.57 bits per heavy atom. The van der Waals surface area contributed by atoms with Gasteiger partial charge in [0.25, 0.3) is 5.91 Å². The average molecular weight is 291 g/mol. The number of hydrogen-bond acceptors (Lipinski definition) is 3. The number of halogens is 2. The van der Waals surface area contributed by atoms with E-state index in [1.165, 1.54) is 18.3 Å². The Hall–Kier alpha value is -2.34. The molecule has 0 bridgehead atoms. The van der Waals surface area contributed by atoms with Gasteiger partial charge in [-0.3, -0.25) is 9.78 Å². The number of hydrogen-bond donors (Lipinski definition) is 2. The molecule has 1 aromatic carbocycles. The molecule has 0 unspecified atom stereocenters. The lowest BCUT2D eigenvalue weighted by Gasteiger charge is -2.06. The van der Waals surface area contributed by atoms with Crippen LogP contribution in [0.5, 0.6) is 0 Å². The van der Waals surface area contributed by atoms with Gasteiger partial charge in [-0.1, -0.05) is 0 Å². The van der Waals surface area contributed by atoms with Gasteiger partial charge in [-0.05, 0) is 36.2 Å². The average Bonchev–Trinajstić information content (AvgIpc) is 2.46. The van der Waals surface area contributed by atoms with Crippen LogP contribution in [-0.2, 0) is 13.0 Å². The summed E-state index contributed by atoms with van der Waals surface area (Å²) >= 11 is 0. The highest BCUT2D eigenvalue weighted by molar-refractivity contribution is 5.94. The van der Waals surface area contributed by atoms with Crippen molar-refractivity contribution in [2.75, 3.05) is 6.54 Å². The first kappa shape index (κ1) is 15.1. The van der Waals surface area contributed by atoms with Crippen molar-refractivity contribution in [1.82, 2.24) is 10.3 Å². The minimum Gasteiger partial charge on any atom is -0.352 e. The topological polar surface area (TPSA) is 68.0 Å². The van der Waals surface area contributed by atoms with Crippen LogP contribution in [0.2, 0.25) is 0 Å². The van der Waals surface area contributed by atoms with E-state index in [1.807, 2.05) is 0 Å². The molecule has 0 radical (unpaired) electrons.